The van der Waals surface area contributed by atoms with Crippen LogP contribution in [0.5, 0.6) is 0 Å². The smallest absolute Gasteiger partial charge is 0.230 e. The van der Waals surface area contributed by atoms with E-state index in [-0.39, 0.29) is 11.7 Å². The lowest BCUT2D eigenvalue weighted by Gasteiger charge is -2.07. The number of aromatic nitrogens is 6. The number of carbonyl (C=O) groups excluding carboxylic acids is 1. The molecule has 3 aromatic heterocycles. The van der Waals surface area contributed by atoms with Gasteiger partial charge >= 0.3 is 0 Å². The first-order valence-corrected chi connectivity index (χ1v) is 10.1. The van der Waals surface area contributed by atoms with E-state index in [0.717, 1.165) is 18.7 Å². The third-order valence-corrected chi connectivity index (χ3v) is 5.49. The predicted octanol–water partition coefficient (Wildman–Crippen LogP) is 2.56. The van der Waals surface area contributed by atoms with Crippen LogP contribution in [0.1, 0.15) is 31.6 Å². The van der Waals surface area contributed by atoms with Crippen LogP contribution in [0.15, 0.2) is 28.0 Å². The molecule has 0 aromatic carbocycles. The lowest BCUT2D eigenvalue weighted by molar-refractivity contribution is -0.118. The van der Waals surface area contributed by atoms with Gasteiger partial charge < -0.3 is 9.73 Å². The number of H-pyrrole nitrogens is 1. The molecule has 27 heavy (non-hydrogen) atoms. The molecule has 1 fully saturated rings. The molecule has 3 aromatic rings. The lowest BCUT2D eigenvalue weighted by Crippen LogP contribution is -2.26. The van der Waals surface area contributed by atoms with Gasteiger partial charge in [-0.2, -0.15) is 5.10 Å². The summed E-state index contributed by atoms with van der Waals surface area (Å²) in [6.45, 7) is 3.03. The van der Waals surface area contributed by atoms with Crippen LogP contribution in [0.25, 0.3) is 11.6 Å². The Morgan fingerprint density at radius 3 is 3.04 bits per heavy atom. The highest BCUT2D eigenvalue weighted by Gasteiger charge is 2.27. The first-order chi connectivity index (χ1) is 13.2. The molecular weight excluding hydrogens is 386 g/mol. The highest BCUT2D eigenvalue weighted by Crippen LogP contribution is 2.35. The van der Waals surface area contributed by atoms with Crippen molar-refractivity contribution in [2.75, 3.05) is 5.75 Å². The van der Waals surface area contributed by atoms with Crippen molar-refractivity contribution in [3.8, 4) is 11.6 Å². The molecule has 9 nitrogen and oxygen atoms in total. The van der Waals surface area contributed by atoms with E-state index in [1.165, 1.54) is 11.8 Å². The second kappa shape index (κ2) is 7.69. The summed E-state index contributed by atoms with van der Waals surface area (Å²) in [6.07, 6.45) is 3.81. The Morgan fingerprint density at radius 2 is 2.33 bits per heavy atom. The molecule has 1 saturated carbocycles. The number of nitrogens with zero attached hydrogens (tertiary/aromatic N) is 5. The molecule has 0 radical (unpaired) electrons. The van der Waals surface area contributed by atoms with E-state index >= 15 is 0 Å². The highest BCUT2D eigenvalue weighted by atomic mass is 32.2. The van der Waals surface area contributed by atoms with E-state index in [1.54, 1.807) is 6.26 Å². The second-order valence-electron chi connectivity index (χ2n) is 6.14. The molecule has 142 valence electrons. The normalized spacial score (nSPS) is 13.8. The van der Waals surface area contributed by atoms with Gasteiger partial charge in [-0.05, 0) is 44.1 Å². The van der Waals surface area contributed by atoms with Gasteiger partial charge in [0.1, 0.15) is 0 Å². The minimum atomic E-state index is -0.0959. The zero-order valence-corrected chi connectivity index (χ0v) is 16.3. The molecule has 0 spiro atoms. The number of amides is 1. The zero-order chi connectivity index (χ0) is 18.8. The van der Waals surface area contributed by atoms with Gasteiger partial charge in [0.05, 0.1) is 18.6 Å². The first-order valence-electron chi connectivity index (χ1n) is 8.69. The minimum Gasteiger partial charge on any atom is -0.461 e. The van der Waals surface area contributed by atoms with Gasteiger partial charge in [0.2, 0.25) is 5.91 Å². The first kappa shape index (κ1) is 18.0. The fraction of sp³-hybridized carbons (Fsp3) is 0.438. The number of carbonyl (C=O) groups is 1. The summed E-state index contributed by atoms with van der Waals surface area (Å²) in [4.78, 5) is 12.2. The quantitative estimate of drug-likeness (QED) is 0.438. The van der Waals surface area contributed by atoms with Crippen LogP contribution in [0.3, 0.4) is 0 Å². The van der Waals surface area contributed by atoms with Crippen molar-refractivity contribution >= 4 is 29.9 Å². The van der Waals surface area contributed by atoms with E-state index in [2.05, 4.69) is 25.7 Å². The third kappa shape index (κ3) is 3.83. The van der Waals surface area contributed by atoms with E-state index < -0.39 is 0 Å². The molecule has 0 unspecified atom stereocenters. The van der Waals surface area contributed by atoms with Gasteiger partial charge in [0, 0.05) is 12.6 Å². The number of aromatic amines is 1. The van der Waals surface area contributed by atoms with Crippen LogP contribution in [0.4, 0.5) is 0 Å². The number of rotatable bonds is 8. The van der Waals surface area contributed by atoms with Crippen molar-refractivity contribution in [2.45, 2.75) is 44.1 Å². The Morgan fingerprint density at radius 1 is 1.48 bits per heavy atom. The average Bonchev–Trinajstić information content (AvgIpc) is 3.08. The molecule has 3 heterocycles. The summed E-state index contributed by atoms with van der Waals surface area (Å²) < 4.78 is 9.92. The standard InChI is InChI=1S/C16H19N7O2S2/c1-2-22-14(11-4-3-7-25-11)19-21-16(22)27-9-13(24)17-8-12-18-20-15(26)23(12)10-5-6-10/h3-4,7,10H,2,5-6,8-9H2,1H3,(H,17,24)(H,20,26). The molecular formula is C16H19N7O2S2. The van der Waals surface area contributed by atoms with Crippen LogP contribution >= 0.6 is 24.0 Å². The topological polar surface area (TPSA) is 107 Å². The van der Waals surface area contributed by atoms with Crippen molar-refractivity contribution in [2.24, 2.45) is 0 Å². The SMILES string of the molecule is CCn1c(SCC(=O)NCc2n[nH]c(=S)n2C2CC2)nnc1-c1ccco1. The molecule has 0 bridgehead atoms. The number of hydrogen-bond donors (Lipinski definition) is 2. The Bertz CT molecular complexity index is 985. The van der Waals surface area contributed by atoms with Gasteiger partial charge in [-0.15, -0.1) is 10.2 Å². The van der Waals surface area contributed by atoms with E-state index in [1.807, 2.05) is 28.2 Å². The third-order valence-electron chi connectivity index (χ3n) is 4.24. The average molecular weight is 406 g/mol. The van der Waals surface area contributed by atoms with Crippen molar-refractivity contribution in [3.05, 3.63) is 29.0 Å². The Balaban J connectivity index is 1.35. The summed E-state index contributed by atoms with van der Waals surface area (Å²) in [5.74, 6) is 2.22. The number of nitrogens with one attached hydrogen (secondary N) is 2. The highest BCUT2D eigenvalue weighted by molar-refractivity contribution is 7.99. The van der Waals surface area contributed by atoms with E-state index in [4.69, 9.17) is 16.6 Å². The maximum absolute atomic E-state index is 12.2. The van der Waals surface area contributed by atoms with Crippen LogP contribution in [-0.2, 0) is 17.9 Å². The molecule has 2 N–H and O–H groups in total. The fourth-order valence-corrected chi connectivity index (χ4v) is 3.93. The van der Waals surface area contributed by atoms with Crippen molar-refractivity contribution in [3.63, 3.8) is 0 Å². The van der Waals surface area contributed by atoms with Gasteiger partial charge in [0.15, 0.2) is 27.3 Å². The van der Waals surface area contributed by atoms with Gasteiger partial charge in [-0.25, -0.2) is 0 Å². The number of hydrogen-bond acceptors (Lipinski definition) is 7. The van der Waals surface area contributed by atoms with Gasteiger partial charge in [-0.3, -0.25) is 19.0 Å². The summed E-state index contributed by atoms with van der Waals surface area (Å²) in [5.41, 5.74) is 0. The molecule has 1 aliphatic carbocycles. The maximum Gasteiger partial charge on any atom is 0.230 e. The lowest BCUT2D eigenvalue weighted by atomic mass is 10.4. The monoisotopic (exact) mass is 405 g/mol. The summed E-state index contributed by atoms with van der Waals surface area (Å²) in [5, 5.41) is 18.9. The Kier molecular flexibility index (Phi) is 5.12. The van der Waals surface area contributed by atoms with Crippen molar-refractivity contribution < 1.29 is 9.21 Å². The van der Waals surface area contributed by atoms with Crippen LogP contribution in [0.2, 0.25) is 0 Å². The van der Waals surface area contributed by atoms with E-state index in [9.17, 15) is 4.79 Å². The molecule has 0 saturated heterocycles. The second-order valence-corrected chi connectivity index (χ2v) is 7.47. The van der Waals surface area contributed by atoms with Crippen LogP contribution < -0.4 is 5.32 Å². The Labute approximate surface area is 164 Å². The van der Waals surface area contributed by atoms with Crippen LogP contribution in [0, 0.1) is 4.77 Å². The largest absolute Gasteiger partial charge is 0.461 e. The molecule has 1 amide bonds. The molecule has 11 heteroatoms. The van der Waals surface area contributed by atoms with Crippen molar-refractivity contribution in [1.29, 1.82) is 0 Å². The summed E-state index contributed by atoms with van der Waals surface area (Å²) in [7, 11) is 0. The summed E-state index contributed by atoms with van der Waals surface area (Å²) >= 11 is 6.59. The van der Waals surface area contributed by atoms with Crippen molar-refractivity contribution in [1.82, 2.24) is 34.8 Å². The zero-order valence-electron chi connectivity index (χ0n) is 14.7. The minimum absolute atomic E-state index is 0.0959. The number of furan rings is 1. The fourth-order valence-electron chi connectivity index (χ4n) is 2.80. The van der Waals surface area contributed by atoms with Gasteiger partial charge in [-0.1, -0.05) is 11.8 Å². The Hall–Kier alpha value is -2.40. The molecule has 0 atom stereocenters. The number of thioether (sulfide) groups is 1. The van der Waals surface area contributed by atoms with E-state index in [0.29, 0.717) is 40.6 Å². The predicted molar refractivity (Wildman–Crippen MR) is 102 cm³/mol. The molecule has 0 aliphatic heterocycles. The molecule has 4 rings (SSSR count). The maximum atomic E-state index is 12.2. The molecule has 1 aliphatic rings. The summed E-state index contributed by atoms with van der Waals surface area (Å²) in [6, 6.07) is 4.06. The van der Waals surface area contributed by atoms with Gasteiger partial charge in [0.25, 0.3) is 0 Å². The van der Waals surface area contributed by atoms with Crippen LogP contribution in [-0.4, -0.2) is 41.2 Å².